The maximum absolute atomic E-state index is 14.4. The minimum absolute atomic E-state index is 0.00824. The minimum atomic E-state index is -1.37. The average Bonchev–Trinajstić information content (AvgIpc) is 3.79. The lowest BCUT2D eigenvalue weighted by atomic mass is 9.89. The van der Waals surface area contributed by atoms with Crippen molar-refractivity contribution in [1.29, 1.82) is 0 Å². The number of likely N-dealkylation sites (tertiary alicyclic amines) is 1. The van der Waals surface area contributed by atoms with Gasteiger partial charge in [-0.1, -0.05) is 73.1 Å². The topological polar surface area (TPSA) is 167 Å². The number of carbonyl (C=O) groups excluding carboxylic acids is 4. The zero-order valence-corrected chi connectivity index (χ0v) is 34.7. The highest BCUT2D eigenvalue weighted by molar-refractivity contribution is 5.90. The van der Waals surface area contributed by atoms with Crippen molar-refractivity contribution >= 4 is 29.6 Å². The molecule has 1 aromatic carbocycles. The molecular formula is C41H66FN5O8. The zero-order valence-electron chi connectivity index (χ0n) is 34.7. The third kappa shape index (κ3) is 11.3. The van der Waals surface area contributed by atoms with Crippen LogP contribution in [0.25, 0.3) is 0 Å². The van der Waals surface area contributed by atoms with Gasteiger partial charge in [0.1, 0.15) is 17.9 Å². The Labute approximate surface area is 326 Å². The molecule has 13 nitrogen and oxygen atoms in total. The summed E-state index contributed by atoms with van der Waals surface area (Å²) < 4.78 is 26.3. The molecule has 2 fully saturated rings. The van der Waals surface area contributed by atoms with Crippen molar-refractivity contribution in [3.8, 4) is 0 Å². The van der Waals surface area contributed by atoms with Crippen molar-refractivity contribution in [3.63, 3.8) is 0 Å². The molecule has 310 valence electrons. The SMILES string of the molecule is CC[C@H](C)[C@@H]([C@@H](CC(=O)N1CC2(CC2)C[C@H]1[C@H](OC)[C@@H](C)C(=O)N[C@@H](Cc1ccccc1F)C(=O)O)OC)N(C)C(=O)[C@@H](NC(=O)[C@@H](NC)C(C)C)C(C)C. The molecule has 9 atom stereocenters. The lowest BCUT2D eigenvalue weighted by Gasteiger charge is -2.41. The number of likely N-dealkylation sites (N-methyl/N-ethyl adjacent to an activating group) is 2. The number of hydrogen-bond acceptors (Lipinski definition) is 8. The van der Waals surface area contributed by atoms with E-state index in [0.29, 0.717) is 19.4 Å². The highest BCUT2D eigenvalue weighted by atomic mass is 19.1. The number of methoxy groups -OCH3 is 2. The number of benzene rings is 1. The molecule has 0 aromatic heterocycles. The van der Waals surface area contributed by atoms with Gasteiger partial charge in [-0.25, -0.2) is 9.18 Å². The summed E-state index contributed by atoms with van der Waals surface area (Å²) in [5, 5.41) is 18.5. The molecule has 4 N–H and O–H groups in total. The molecule has 1 spiro atoms. The molecule has 4 amide bonds. The number of carboxylic acids is 1. The second-order valence-electron chi connectivity index (χ2n) is 16.5. The van der Waals surface area contributed by atoms with Crippen LogP contribution in [0.15, 0.2) is 24.3 Å². The lowest BCUT2D eigenvalue weighted by Crippen LogP contribution is -2.59. The van der Waals surface area contributed by atoms with Crippen LogP contribution in [0, 0.1) is 34.9 Å². The van der Waals surface area contributed by atoms with Crippen molar-refractivity contribution in [3.05, 3.63) is 35.6 Å². The number of halogens is 1. The molecule has 1 heterocycles. The molecular weight excluding hydrogens is 709 g/mol. The fourth-order valence-corrected chi connectivity index (χ4v) is 8.20. The number of nitrogens with zero attached hydrogens (tertiary/aromatic N) is 2. The summed E-state index contributed by atoms with van der Waals surface area (Å²) in [4.78, 5) is 71.0. The summed E-state index contributed by atoms with van der Waals surface area (Å²) in [6.45, 7) is 13.8. The minimum Gasteiger partial charge on any atom is -0.480 e. The number of carboxylic acid groups (broad SMARTS) is 1. The predicted octanol–water partition coefficient (Wildman–Crippen LogP) is 3.63. The van der Waals surface area contributed by atoms with Crippen LogP contribution in [0.5, 0.6) is 0 Å². The highest BCUT2D eigenvalue weighted by Crippen LogP contribution is 2.56. The molecule has 3 rings (SSSR count). The molecule has 0 unspecified atom stereocenters. The van der Waals surface area contributed by atoms with Gasteiger partial charge in [0.25, 0.3) is 0 Å². The van der Waals surface area contributed by atoms with E-state index in [1.54, 1.807) is 36.9 Å². The van der Waals surface area contributed by atoms with Crippen molar-refractivity contribution in [2.24, 2.45) is 29.1 Å². The zero-order chi connectivity index (χ0) is 41.4. The van der Waals surface area contributed by atoms with Crippen LogP contribution in [0.4, 0.5) is 4.39 Å². The summed E-state index contributed by atoms with van der Waals surface area (Å²) in [6.07, 6.45) is 1.47. The van der Waals surface area contributed by atoms with E-state index >= 15 is 0 Å². The predicted molar refractivity (Wildman–Crippen MR) is 207 cm³/mol. The molecule has 2 aliphatic rings. The van der Waals surface area contributed by atoms with Gasteiger partial charge in [-0.2, -0.15) is 0 Å². The molecule has 1 aliphatic carbocycles. The van der Waals surface area contributed by atoms with Crippen LogP contribution in [-0.4, -0.2) is 122 Å². The van der Waals surface area contributed by atoms with Gasteiger partial charge in [0.05, 0.1) is 42.7 Å². The number of ether oxygens (including phenoxy) is 2. The third-order valence-electron chi connectivity index (χ3n) is 12.0. The molecule has 1 aliphatic heterocycles. The number of rotatable bonds is 21. The Morgan fingerprint density at radius 2 is 1.58 bits per heavy atom. The second kappa shape index (κ2) is 20.0. The van der Waals surface area contributed by atoms with Gasteiger partial charge in [-0.3, -0.25) is 19.2 Å². The van der Waals surface area contributed by atoms with Gasteiger partial charge >= 0.3 is 5.97 Å². The van der Waals surface area contributed by atoms with Gasteiger partial charge < -0.3 is 40.3 Å². The normalized spacial score (nSPS) is 20.6. The van der Waals surface area contributed by atoms with Crippen LogP contribution in [0.3, 0.4) is 0 Å². The fraction of sp³-hybridized carbons (Fsp3) is 0.732. The van der Waals surface area contributed by atoms with E-state index in [-0.39, 0.29) is 59.3 Å². The van der Waals surface area contributed by atoms with Crippen LogP contribution in [-0.2, 0) is 39.9 Å². The largest absolute Gasteiger partial charge is 0.480 e. The van der Waals surface area contributed by atoms with E-state index in [0.717, 1.165) is 12.8 Å². The van der Waals surface area contributed by atoms with Crippen molar-refractivity contribution in [1.82, 2.24) is 25.8 Å². The Balaban J connectivity index is 1.83. The van der Waals surface area contributed by atoms with E-state index in [9.17, 15) is 33.5 Å². The van der Waals surface area contributed by atoms with Crippen LogP contribution >= 0.6 is 0 Å². The third-order valence-corrected chi connectivity index (χ3v) is 12.0. The summed E-state index contributed by atoms with van der Waals surface area (Å²) in [7, 11) is 6.42. The molecule has 0 bridgehead atoms. The summed E-state index contributed by atoms with van der Waals surface area (Å²) in [6, 6.07) is 2.21. The molecule has 14 heteroatoms. The van der Waals surface area contributed by atoms with E-state index in [2.05, 4.69) is 16.0 Å². The first kappa shape index (κ1) is 45.8. The fourth-order valence-electron chi connectivity index (χ4n) is 8.20. The van der Waals surface area contributed by atoms with E-state index in [1.165, 1.54) is 32.4 Å². The summed E-state index contributed by atoms with van der Waals surface area (Å²) in [5.41, 5.74) is 0.0833. The van der Waals surface area contributed by atoms with Crippen molar-refractivity contribution in [2.75, 3.05) is 34.9 Å². The van der Waals surface area contributed by atoms with Gasteiger partial charge in [-0.15, -0.1) is 0 Å². The maximum atomic E-state index is 14.4. The molecule has 0 radical (unpaired) electrons. The molecule has 55 heavy (non-hydrogen) atoms. The Morgan fingerprint density at radius 3 is 2.07 bits per heavy atom. The molecule has 1 aromatic rings. The summed E-state index contributed by atoms with van der Waals surface area (Å²) in [5.74, 6) is -4.28. The highest BCUT2D eigenvalue weighted by Gasteiger charge is 2.56. The first-order chi connectivity index (χ1) is 25.9. The smallest absolute Gasteiger partial charge is 0.326 e. The monoisotopic (exact) mass is 775 g/mol. The Bertz CT molecular complexity index is 1490. The number of amides is 4. The van der Waals surface area contributed by atoms with Gasteiger partial charge in [0, 0.05) is 34.2 Å². The number of hydrogen-bond donors (Lipinski definition) is 4. The lowest BCUT2D eigenvalue weighted by molar-refractivity contribution is -0.148. The molecule has 1 saturated heterocycles. The number of nitrogens with one attached hydrogen (secondary N) is 3. The Morgan fingerprint density at radius 1 is 0.964 bits per heavy atom. The van der Waals surface area contributed by atoms with Crippen LogP contribution in [0.2, 0.25) is 0 Å². The maximum Gasteiger partial charge on any atom is 0.326 e. The average molecular weight is 776 g/mol. The number of carbonyl (C=O) groups is 5. The van der Waals surface area contributed by atoms with E-state index in [4.69, 9.17) is 9.47 Å². The Hall–Kier alpha value is -3.62. The summed E-state index contributed by atoms with van der Waals surface area (Å²) >= 11 is 0. The first-order valence-corrected chi connectivity index (χ1v) is 19.7. The van der Waals surface area contributed by atoms with Crippen LogP contribution in [0.1, 0.15) is 86.1 Å². The number of aliphatic carboxylic acids is 1. The van der Waals surface area contributed by atoms with Gasteiger partial charge in [0.15, 0.2) is 0 Å². The van der Waals surface area contributed by atoms with E-state index in [1.807, 2.05) is 41.5 Å². The van der Waals surface area contributed by atoms with Gasteiger partial charge in [-0.05, 0) is 61.1 Å². The van der Waals surface area contributed by atoms with Crippen molar-refractivity contribution < 1.29 is 42.9 Å². The quantitative estimate of drug-likeness (QED) is 0.146. The molecule has 1 saturated carbocycles. The van der Waals surface area contributed by atoms with Crippen molar-refractivity contribution in [2.45, 2.75) is 129 Å². The standard InChI is InChI=1S/C41H66FN5O8/c1-12-25(6)35(46(9)39(51)34(24(4)5)45-38(50)33(43-8)23(2)3)31(54-10)20-32(48)47-22-41(17-18-41)21-30(47)36(55-11)26(7)37(49)44-29(40(52)53)19-27-15-13-14-16-28(27)42/h13-16,23-26,29-31,33-36,43H,12,17-22H2,1-11H3,(H,44,49)(H,45,50)(H,52,53)/t25-,26+,29-,30-,31+,33-,34-,35-,36+/m0/s1. The van der Waals surface area contributed by atoms with Gasteiger partial charge in [0.2, 0.25) is 23.6 Å². The Kier molecular flexibility index (Phi) is 16.6. The first-order valence-electron chi connectivity index (χ1n) is 19.7. The second-order valence-corrected chi connectivity index (χ2v) is 16.5. The van der Waals surface area contributed by atoms with E-state index < -0.39 is 66.0 Å². The van der Waals surface area contributed by atoms with Crippen LogP contribution < -0.4 is 16.0 Å².